The van der Waals surface area contributed by atoms with Gasteiger partial charge < -0.3 is 0 Å². The molecular weight excluding hydrogens is 431 g/mol. The van der Waals surface area contributed by atoms with Gasteiger partial charge in [0.2, 0.25) is 0 Å². The van der Waals surface area contributed by atoms with E-state index in [0.29, 0.717) is 5.78 Å². The number of rotatable bonds is 5. The van der Waals surface area contributed by atoms with Crippen LogP contribution in [-0.2, 0) is 4.79 Å². The molecule has 3 aromatic carbocycles. The Balaban J connectivity index is 1.80. The summed E-state index contributed by atoms with van der Waals surface area (Å²) in [5.74, 6) is 2.70. The highest BCUT2D eigenvalue weighted by atomic mass is 31.2. The van der Waals surface area contributed by atoms with Crippen LogP contribution in [0.15, 0.2) is 91.0 Å². The van der Waals surface area contributed by atoms with Crippen molar-refractivity contribution in [3.8, 4) is 0 Å². The van der Waals surface area contributed by atoms with E-state index in [4.69, 9.17) is 0 Å². The Labute approximate surface area is 206 Å². The van der Waals surface area contributed by atoms with Gasteiger partial charge in [0.15, 0.2) is 5.78 Å². The second kappa shape index (κ2) is 12.9. The van der Waals surface area contributed by atoms with Gasteiger partial charge in [-0.25, -0.2) is 0 Å². The molecular formula is C32H39OP. The molecule has 0 aromatic heterocycles. The van der Waals surface area contributed by atoms with Gasteiger partial charge in [0, 0.05) is 5.92 Å². The summed E-state index contributed by atoms with van der Waals surface area (Å²) in [7, 11) is 0. The van der Waals surface area contributed by atoms with Crippen LogP contribution in [0.25, 0.3) is 0 Å². The van der Waals surface area contributed by atoms with Crippen molar-refractivity contribution in [3.63, 3.8) is 0 Å². The van der Waals surface area contributed by atoms with E-state index in [-0.39, 0.29) is 5.92 Å². The van der Waals surface area contributed by atoms with Crippen LogP contribution in [0.3, 0.4) is 0 Å². The van der Waals surface area contributed by atoms with E-state index < -0.39 is 6.89 Å². The molecule has 1 fully saturated rings. The fraction of sp³-hybridized carbons (Fsp3) is 0.375. The van der Waals surface area contributed by atoms with E-state index in [0.717, 1.165) is 12.8 Å². The maximum Gasteiger partial charge on any atom is 0.159 e. The predicted molar refractivity (Wildman–Crippen MR) is 150 cm³/mol. The summed E-state index contributed by atoms with van der Waals surface area (Å²) >= 11 is 0. The Hall–Kier alpha value is -2.37. The highest BCUT2D eigenvalue weighted by Crippen LogP contribution is 2.44. The number of hydrogen-bond acceptors (Lipinski definition) is 1. The van der Waals surface area contributed by atoms with Gasteiger partial charge in [0.1, 0.15) is 0 Å². The van der Waals surface area contributed by atoms with E-state index in [9.17, 15) is 4.79 Å². The molecule has 1 aliphatic carbocycles. The van der Waals surface area contributed by atoms with Crippen molar-refractivity contribution in [1.29, 1.82) is 0 Å². The normalized spacial score (nSPS) is 16.7. The van der Waals surface area contributed by atoms with Crippen LogP contribution >= 0.6 is 6.89 Å². The van der Waals surface area contributed by atoms with Crippen molar-refractivity contribution in [2.75, 3.05) is 0 Å². The molecule has 1 aliphatic rings. The van der Waals surface area contributed by atoms with Crippen LogP contribution < -0.4 is 15.9 Å². The summed E-state index contributed by atoms with van der Waals surface area (Å²) in [5.41, 5.74) is 0. The summed E-state index contributed by atoms with van der Waals surface area (Å²) in [5, 5.41) is 3.77. The smallest absolute Gasteiger partial charge is 0.159 e. The summed E-state index contributed by atoms with van der Waals surface area (Å²) in [6, 6.07) is 32.2. The lowest BCUT2D eigenvalue weighted by Crippen LogP contribution is -2.30. The molecule has 3 aromatic rings. The molecule has 0 saturated heterocycles. The van der Waals surface area contributed by atoms with Crippen LogP contribution in [0, 0.1) is 5.92 Å². The predicted octanol–water partition coefficient (Wildman–Crippen LogP) is 7.27. The first-order valence-corrected chi connectivity index (χ1v) is 15.1. The van der Waals surface area contributed by atoms with Gasteiger partial charge >= 0.3 is 0 Å². The average molecular weight is 471 g/mol. The summed E-state index contributed by atoms with van der Waals surface area (Å²) in [6.45, 7) is -2.21. The summed E-state index contributed by atoms with van der Waals surface area (Å²) < 4.78 is 0. The van der Waals surface area contributed by atoms with Gasteiger partial charge in [-0.1, -0.05) is 149 Å². The lowest BCUT2D eigenvalue weighted by Gasteiger charge is -2.29. The number of hydrogen-bond donors (Lipinski definition) is 0. The lowest BCUT2D eigenvalue weighted by atomic mass is 9.90. The lowest BCUT2D eigenvalue weighted by molar-refractivity contribution is -0.116. The van der Waals surface area contributed by atoms with E-state index in [1.54, 1.807) is 0 Å². The number of Topliss-reactive ketones (excluding diaryl/α,β-unsaturated/α-hetero) is 1. The zero-order valence-electron chi connectivity index (χ0n) is 20.4. The van der Waals surface area contributed by atoms with Crippen LogP contribution in [-0.4, -0.2) is 11.6 Å². The molecule has 178 valence electrons. The van der Waals surface area contributed by atoms with Crippen LogP contribution in [0.4, 0.5) is 0 Å². The molecule has 0 N–H and O–H groups in total. The van der Waals surface area contributed by atoms with E-state index in [1.165, 1.54) is 73.7 Å². The third-order valence-corrected chi connectivity index (χ3v) is 11.3. The molecule has 0 radical (unpaired) electrons. The molecule has 1 saturated carbocycles. The van der Waals surface area contributed by atoms with E-state index in [2.05, 4.69) is 96.8 Å². The van der Waals surface area contributed by atoms with Crippen LogP contribution in [0.5, 0.6) is 0 Å². The first-order chi connectivity index (χ1) is 16.8. The van der Waals surface area contributed by atoms with Crippen LogP contribution in [0.2, 0.25) is 0 Å². The highest BCUT2D eigenvalue weighted by Gasteiger charge is 2.28. The SMILES string of the molecule is O=C(C=P(c1ccccc1)(c1ccccc1)c1ccccc1)C1CCCCCCCCCCC1. The fourth-order valence-corrected chi connectivity index (χ4v) is 9.27. The molecule has 1 nitrogen and oxygen atoms in total. The minimum atomic E-state index is -2.21. The van der Waals surface area contributed by atoms with Crippen LogP contribution in [0.1, 0.15) is 70.6 Å². The van der Waals surface area contributed by atoms with Crippen molar-refractivity contribution < 1.29 is 4.79 Å². The molecule has 0 spiro atoms. The zero-order valence-corrected chi connectivity index (χ0v) is 21.3. The van der Waals surface area contributed by atoms with Gasteiger partial charge in [-0.15, -0.1) is 0 Å². The molecule has 4 rings (SSSR count). The minimum Gasteiger partial charge on any atom is -0.294 e. The van der Waals surface area contributed by atoms with Crippen molar-refractivity contribution in [1.82, 2.24) is 0 Å². The molecule has 0 atom stereocenters. The quantitative estimate of drug-likeness (QED) is 0.358. The van der Waals surface area contributed by atoms with Gasteiger partial charge in [0.25, 0.3) is 0 Å². The first kappa shape index (κ1) is 24.7. The Kier molecular flexibility index (Phi) is 9.40. The second-order valence-electron chi connectivity index (χ2n) is 9.72. The largest absolute Gasteiger partial charge is 0.294 e. The first-order valence-electron chi connectivity index (χ1n) is 13.3. The standard InChI is InChI=1S/C32H39OP/c33-32(28-19-11-6-4-2-1-3-5-7-12-20-28)27-34(29-21-13-8-14-22-29,30-23-15-9-16-24-30)31-25-17-10-18-26-31/h8-10,13-18,21-28H,1-7,11-12,19-20H2. The molecule has 34 heavy (non-hydrogen) atoms. The molecule has 0 heterocycles. The van der Waals surface area contributed by atoms with Crippen molar-refractivity contribution in [3.05, 3.63) is 91.0 Å². The van der Waals surface area contributed by atoms with Crippen molar-refractivity contribution in [2.45, 2.75) is 70.6 Å². The number of carbonyl (C=O) groups excluding carboxylic acids is 1. The Morgan fingerprint density at radius 2 is 0.853 bits per heavy atom. The van der Waals surface area contributed by atoms with Gasteiger partial charge in [-0.05, 0) is 41.4 Å². The minimum absolute atomic E-state index is 0.148. The Bertz CT molecular complexity index is 941. The zero-order chi connectivity index (χ0) is 23.5. The van der Waals surface area contributed by atoms with E-state index in [1.807, 2.05) is 0 Å². The third-order valence-electron chi connectivity index (χ3n) is 7.32. The monoisotopic (exact) mass is 470 g/mol. The molecule has 0 amide bonds. The topological polar surface area (TPSA) is 17.1 Å². The second-order valence-corrected chi connectivity index (χ2v) is 13.0. The van der Waals surface area contributed by atoms with Gasteiger partial charge in [-0.2, -0.15) is 0 Å². The van der Waals surface area contributed by atoms with Gasteiger partial charge in [-0.3, -0.25) is 4.79 Å². The number of ketones is 1. The Morgan fingerprint density at radius 3 is 1.21 bits per heavy atom. The maximum atomic E-state index is 14.1. The molecule has 0 bridgehead atoms. The van der Waals surface area contributed by atoms with Crippen molar-refractivity contribution in [2.24, 2.45) is 5.92 Å². The number of benzene rings is 3. The van der Waals surface area contributed by atoms with E-state index >= 15 is 0 Å². The maximum absolute atomic E-state index is 14.1. The number of carbonyl (C=O) groups is 1. The average Bonchev–Trinajstić information content (AvgIpc) is 2.89. The fourth-order valence-electron chi connectivity index (χ4n) is 5.40. The highest BCUT2D eigenvalue weighted by molar-refractivity contribution is 7.95. The third kappa shape index (κ3) is 6.19. The Morgan fingerprint density at radius 1 is 0.529 bits per heavy atom. The summed E-state index contributed by atoms with van der Waals surface area (Å²) in [4.78, 5) is 14.1. The van der Waals surface area contributed by atoms with Gasteiger partial charge in [0.05, 0.1) is 0 Å². The molecule has 0 unspecified atom stereocenters. The molecule has 0 aliphatic heterocycles. The molecule has 2 heteroatoms. The van der Waals surface area contributed by atoms with Crippen molar-refractivity contribution >= 4 is 34.4 Å². The summed E-state index contributed by atoms with van der Waals surface area (Å²) in [6.07, 6.45) is 13.7.